The van der Waals surface area contributed by atoms with E-state index in [0.717, 1.165) is 26.8 Å². The highest BCUT2D eigenvalue weighted by atomic mass is 79.9. The van der Waals surface area contributed by atoms with E-state index in [1.807, 2.05) is 19.9 Å². The van der Waals surface area contributed by atoms with Gasteiger partial charge in [0.1, 0.15) is 0 Å². The lowest BCUT2D eigenvalue weighted by Crippen LogP contribution is -1.91. The summed E-state index contributed by atoms with van der Waals surface area (Å²) in [6, 6.07) is 1.98. The Labute approximate surface area is 95.5 Å². The van der Waals surface area contributed by atoms with Crippen LogP contribution in [0.2, 0.25) is 5.02 Å². The van der Waals surface area contributed by atoms with Crippen molar-refractivity contribution >= 4 is 38.4 Å². The Morgan fingerprint density at radius 2 is 2.07 bits per heavy atom. The molecule has 2 aromatic rings. The number of hydrogen-bond acceptors (Lipinski definition) is 2. The standard InChI is InChI=1S/C10H8BrClN2/c1-5-3-7-9(11)8(12)4-13-10(7)6(2)14-5/h3-4H,1-2H3. The van der Waals surface area contributed by atoms with Crippen LogP contribution in [0.15, 0.2) is 16.7 Å². The van der Waals surface area contributed by atoms with Gasteiger partial charge < -0.3 is 0 Å². The van der Waals surface area contributed by atoms with Crippen LogP contribution in [0.5, 0.6) is 0 Å². The van der Waals surface area contributed by atoms with E-state index in [9.17, 15) is 0 Å². The molecule has 14 heavy (non-hydrogen) atoms. The Balaban J connectivity index is 2.95. The number of rotatable bonds is 0. The van der Waals surface area contributed by atoms with Crippen LogP contribution in [-0.2, 0) is 0 Å². The van der Waals surface area contributed by atoms with E-state index in [4.69, 9.17) is 11.6 Å². The first kappa shape index (κ1) is 9.87. The number of halogens is 2. The number of aromatic nitrogens is 2. The van der Waals surface area contributed by atoms with Crippen LogP contribution < -0.4 is 0 Å². The fourth-order valence-electron chi connectivity index (χ4n) is 1.46. The quantitative estimate of drug-likeness (QED) is 0.731. The maximum Gasteiger partial charge on any atom is 0.0927 e. The molecular formula is C10H8BrClN2. The van der Waals surface area contributed by atoms with Crippen molar-refractivity contribution in [1.29, 1.82) is 0 Å². The summed E-state index contributed by atoms with van der Waals surface area (Å²) in [4.78, 5) is 8.60. The van der Waals surface area contributed by atoms with Gasteiger partial charge in [0, 0.05) is 21.7 Å². The minimum atomic E-state index is 0.627. The molecule has 0 bridgehead atoms. The summed E-state index contributed by atoms with van der Waals surface area (Å²) in [7, 11) is 0. The lowest BCUT2D eigenvalue weighted by Gasteiger charge is -2.05. The zero-order valence-electron chi connectivity index (χ0n) is 7.81. The van der Waals surface area contributed by atoms with Crippen molar-refractivity contribution in [3.05, 3.63) is 33.1 Å². The maximum absolute atomic E-state index is 5.96. The molecule has 0 atom stereocenters. The van der Waals surface area contributed by atoms with Crippen molar-refractivity contribution in [3.63, 3.8) is 0 Å². The minimum absolute atomic E-state index is 0.627. The highest BCUT2D eigenvalue weighted by Gasteiger charge is 2.07. The average molecular weight is 272 g/mol. The van der Waals surface area contributed by atoms with E-state index in [1.165, 1.54) is 0 Å². The van der Waals surface area contributed by atoms with Crippen LogP contribution in [0.3, 0.4) is 0 Å². The molecule has 4 heteroatoms. The van der Waals surface area contributed by atoms with Gasteiger partial charge in [-0.3, -0.25) is 9.97 Å². The van der Waals surface area contributed by atoms with Gasteiger partial charge in [-0.1, -0.05) is 11.6 Å². The highest BCUT2D eigenvalue weighted by molar-refractivity contribution is 9.10. The normalized spacial score (nSPS) is 10.9. The monoisotopic (exact) mass is 270 g/mol. The van der Waals surface area contributed by atoms with Gasteiger partial charge in [0.25, 0.3) is 0 Å². The second-order valence-electron chi connectivity index (χ2n) is 3.17. The van der Waals surface area contributed by atoms with Gasteiger partial charge in [0.05, 0.1) is 16.2 Å². The van der Waals surface area contributed by atoms with Crippen molar-refractivity contribution in [2.75, 3.05) is 0 Å². The molecule has 2 nitrogen and oxygen atoms in total. The van der Waals surface area contributed by atoms with Crippen LogP contribution >= 0.6 is 27.5 Å². The van der Waals surface area contributed by atoms with Gasteiger partial charge in [-0.2, -0.15) is 0 Å². The minimum Gasteiger partial charge on any atom is -0.256 e. The molecular weight excluding hydrogens is 263 g/mol. The number of hydrogen-bond donors (Lipinski definition) is 0. The molecule has 0 saturated carbocycles. The second-order valence-corrected chi connectivity index (χ2v) is 4.37. The molecule has 0 fully saturated rings. The molecule has 0 aliphatic heterocycles. The van der Waals surface area contributed by atoms with Gasteiger partial charge in [-0.25, -0.2) is 0 Å². The molecule has 0 amide bonds. The summed E-state index contributed by atoms with van der Waals surface area (Å²) in [6.07, 6.45) is 1.64. The predicted octanol–water partition coefficient (Wildman–Crippen LogP) is 3.66. The molecule has 0 unspecified atom stereocenters. The van der Waals surface area contributed by atoms with Gasteiger partial charge in [0.2, 0.25) is 0 Å². The average Bonchev–Trinajstić information content (AvgIpc) is 2.12. The molecule has 0 radical (unpaired) electrons. The van der Waals surface area contributed by atoms with Crippen molar-refractivity contribution < 1.29 is 0 Å². The molecule has 2 aromatic heterocycles. The second kappa shape index (κ2) is 3.48. The third-order valence-corrected chi connectivity index (χ3v) is 3.42. The Bertz CT molecular complexity index is 511. The van der Waals surface area contributed by atoms with Crippen LogP contribution in [0.4, 0.5) is 0 Å². The first-order valence-electron chi connectivity index (χ1n) is 4.17. The Kier molecular flexibility index (Phi) is 2.45. The summed E-state index contributed by atoms with van der Waals surface area (Å²) in [6.45, 7) is 3.91. The third-order valence-electron chi connectivity index (χ3n) is 2.05. The molecule has 2 rings (SSSR count). The molecule has 0 spiro atoms. The molecule has 0 aromatic carbocycles. The Morgan fingerprint density at radius 1 is 1.36 bits per heavy atom. The Hall–Kier alpha value is -0.670. The van der Waals surface area contributed by atoms with E-state index in [-0.39, 0.29) is 0 Å². The fourth-order valence-corrected chi connectivity index (χ4v) is 2.01. The van der Waals surface area contributed by atoms with Gasteiger partial charge >= 0.3 is 0 Å². The largest absolute Gasteiger partial charge is 0.256 e. The van der Waals surface area contributed by atoms with Crippen LogP contribution in [0.25, 0.3) is 10.9 Å². The van der Waals surface area contributed by atoms with Gasteiger partial charge in [-0.15, -0.1) is 0 Å². The topological polar surface area (TPSA) is 25.8 Å². The molecule has 72 valence electrons. The molecule has 0 aliphatic rings. The lowest BCUT2D eigenvalue weighted by atomic mass is 10.2. The van der Waals surface area contributed by atoms with Crippen molar-refractivity contribution in [2.45, 2.75) is 13.8 Å². The summed E-state index contributed by atoms with van der Waals surface area (Å²) in [5, 5.41) is 1.64. The highest BCUT2D eigenvalue weighted by Crippen LogP contribution is 2.30. The van der Waals surface area contributed by atoms with Crippen LogP contribution in [-0.4, -0.2) is 9.97 Å². The summed E-state index contributed by atoms with van der Waals surface area (Å²) >= 11 is 9.41. The van der Waals surface area contributed by atoms with E-state index < -0.39 is 0 Å². The van der Waals surface area contributed by atoms with E-state index in [2.05, 4.69) is 25.9 Å². The molecule has 0 aliphatic carbocycles. The fraction of sp³-hybridized carbons (Fsp3) is 0.200. The van der Waals surface area contributed by atoms with E-state index in [1.54, 1.807) is 6.20 Å². The molecule has 2 heterocycles. The van der Waals surface area contributed by atoms with Crippen molar-refractivity contribution in [3.8, 4) is 0 Å². The van der Waals surface area contributed by atoms with Gasteiger partial charge in [-0.05, 0) is 35.8 Å². The summed E-state index contributed by atoms with van der Waals surface area (Å²) < 4.78 is 0.887. The summed E-state index contributed by atoms with van der Waals surface area (Å²) in [5.41, 5.74) is 2.80. The first-order chi connectivity index (χ1) is 6.59. The van der Waals surface area contributed by atoms with E-state index >= 15 is 0 Å². The zero-order chi connectivity index (χ0) is 10.3. The third kappa shape index (κ3) is 1.51. The summed E-state index contributed by atoms with van der Waals surface area (Å²) in [5.74, 6) is 0. The first-order valence-corrected chi connectivity index (χ1v) is 5.34. The Morgan fingerprint density at radius 3 is 2.79 bits per heavy atom. The number of fused-ring (bicyclic) bond motifs is 1. The van der Waals surface area contributed by atoms with Crippen molar-refractivity contribution in [2.24, 2.45) is 0 Å². The lowest BCUT2D eigenvalue weighted by molar-refractivity contribution is 1.13. The number of aryl methyl sites for hydroxylation is 2. The smallest absolute Gasteiger partial charge is 0.0927 e. The van der Waals surface area contributed by atoms with Crippen LogP contribution in [0.1, 0.15) is 11.4 Å². The predicted molar refractivity (Wildman–Crippen MR) is 61.7 cm³/mol. The zero-order valence-corrected chi connectivity index (χ0v) is 10.1. The molecule has 0 saturated heterocycles. The van der Waals surface area contributed by atoms with Crippen molar-refractivity contribution in [1.82, 2.24) is 9.97 Å². The van der Waals surface area contributed by atoms with Gasteiger partial charge in [0.15, 0.2) is 0 Å². The molecule has 0 N–H and O–H groups in total. The number of nitrogens with zero attached hydrogens (tertiary/aromatic N) is 2. The number of pyridine rings is 2. The van der Waals surface area contributed by atoms with Crippen LogP contribution in [0, 0.1) is 13.8 Å². The van der Waals surface area contributed by atoms with E-state index in [0.29, 0.717) is 5.02 Å². The SMILES string of the molecule is Cc1cc2c(Br)c(Cl)cnc2c(C)n1. The maximum atomic E-state index is 5.96.